The standard InChI is InChI=1S/C42H56N8O2/c1-33-23-35(27-43-29-39-11-5-7-13-45-39)41(51)37(25-33)31-49-17-9-15-48(4)20-22-50(18-10-16-47(3)19-21-49)32-38-26-34(2)24-36(42(38)52)28-44-30-40-12-6-8-14-46-40/h5-8,11-14,23-28,51-52H,9-10,15-22,29-32H2,1-4H3. The van der Waals surface area contributed by atoms with E-state index in [1.54, 1.807) is 24.8 Å². The molecule has 0 saturated carbocycles. The molecule has 5 rings (SSSR count). The molecule has 3 heterocycles. The summed E-state index contributed by atoms with van der Waals surface area (Å²) >= 11 is 0. The topological polar surface area (TPSA) is 104 Å². The number of phenolic OH excluding ortho intramolecular Hbond substituents is 2. The molecule has 0 aliphatic carbocycles. The lowest BCUT2D eigenvalue weighted by atomic mass is 10.0. The van der Waals surface area contributed by atoms with Crippen LogP contribution in [0.1, 0.15) is 57.6 Å². The first-order valence-corrected chi connectivity index (χ1v) is 18.5. The number of aliphatic imine (C=N–C) groups is 2. The number of rotatable bonds is 10. The zero-order valence-electron chi connectivity index (χ0n) is 31.5. The van der Waals surface area contributed by atoms with Crippen molar-refractivity contribution in [2.75, 3.05) is 66.5 Å². The molecule has 1 aliphatic heterocycles. The second-order valence-electron chi connectivity index (χ2n) is 14.2. The molecule has 1 fully saturated rings. The summed E-state index contributed by atoms with van der Waals surface area (Å²) in [5.41, 5.74) is 7.40. The summed E-state index contributed by atoms with van der Waals surface area (Å²) < 4.78 is 0. The van der Waals surface area contributed by atoms with Crippen molar-refractivity contribution in [3.05, 3.63) is 118 Å². The molecule has 10 nitrogen and oxygen atoms in total. The monoisotopic (exact) mass is 704 g/mol. The highest BCUT2D eigenvalue weighted by Crippen LogP contribution is 2.27. The van der Waals surface area contributed by atoms with Crippen molar-refractivity contribution < 1.29 is 10.2 Å². The number of pyridine rings is 2. The molecule has 1 saturated heterocycles. The van der Waals surface area contributed by atoms with Crippen molar-refractivity contribution in [1.29, 1.82) is 0 Å². The molecule has 0 amide bonds. The Kier molecular flexibility index (Phi) is 14.9. The van der Waals surface area contributed by atoms with Crippen molar-refractivity contribution in [2.45, 2.75) is 52.9 Å². The van der Waals surface area contributed by atoms with Gasteiger partial charge in [0.15, 0.2) is 0 Å². The summed E-state index contributed by atoms with van der Waals surface area (Å²) in [5.74, 6) is 0.618. The van der Waals surface area contributed by atoms with Gasteiger partial charge in [-0.3, -0.25) is 29.8 Å². The number of hydrogen-bond donors (Lipinski definition) is 2. The van der Waals surface area contributed by atoms with Crippen LogP contribution < -0.4 is 0 Å². The van der Waals surface area contributed by atoms with Crippen LogP contribution in [0.4, 0.5) is 0 Å². The predicted octanol–water partition coefficient (Wildman–Crippen LogP) is 5.70. The first-order valence-electron chi connectivity index (χ1n) is 18.5. The Labute approximate surface area is 310 Å². The summed E-state index contributed by atoms with van der Waals surface area (Å²) in [5, 5.41) is 22.6. The number of benzene rings is 2. The molecule has 4 aromatic rings. The van der Waals surface area contributed by atoms with Crippen LogP contribution in [0.3, 0.4) is 0 Å². The predicted molar refractivity (Wildman–Crippen MR) is 212 cm³/mol. The lowest BCUT2D eigenvalue weighted by molar-refractivity contribution is 0.172. The summed E-state index contributed by atoms with van der Waals surface area (Å²) in [4.78, 5) is 27.6. The van der Waals surface area contributed by atoms with E-state index in [0.29, 0.717) is 37.7 Å². The third-order valence-corrected chi connectivity index (χ3v) is 9.56. The van der Waals surface area contributed by atoms with Gasteiger partial charge in [0.2, 0.25) is 0 Å². The number of aromatic hydroxyl groups is 2. The fourth-order valence-electron chi connectivity index (χ4n) is 6.66. The normalized spacial score (nSPS) is 16.8. The van der Waals surface area contributed by atoms with E-state index in [0.717, 1.165) is 110 Å². The average Bonchev–Trinajstić information content (AvgIpc) is 3.13. The first kappa shape index (κ1) is 38.7. The molecular weight excluding hydrogens is 649 g/mol. The van der Waals surface area contributed by atoms with Gasteiger partial charge < -0.3 is 20.0 Å². The number of likely N-dealkylation sites (N-methyl/N-ethyl adjacent to an activating group) is 2. The first-order chi connectivity index (χ1) is 25.2. The van der Waals surface area contributed by atoms with Gasteiger partial charge in [0.05, 0.1) is 24.5 Å². The highest BCUT2D eigenvalue weighted by Gasteiger charge is 2.17. The zero-order valence-corrected chi connectivity index (χ0v) is 31.5. The smallest absolute Gasteiger partial charge is 0.128 e. The number of hydrogen-bond acceptors (Lipinski definition) is 10. The summed E-state index contributed by atoms with van der Waals surface area (Å²) in [6.45, 7) is 14.1. The van der Waals surface area contributed by atoms with Crippen molar-refractivity contribution >= 4 is 12.4 Å². The molecule has 1 aliphatic rings. The van der Waals surface area contributed by atoms with Crippen LogP contribution in [0, 0.1) is 13.8 Å². The minimum Gasteiger partial charge on any atom is -0.507 e. The number of nitrogens with zero attached hydrogens (tertiary/aromatic N) is 8. The van der Waals surface area contributed by atoms with Crippen LogP contribution in [0.15, 0.2) is 83.0 Å². The van der Waals surface area contributed by atoms with Crippen molar-refractivity contribution in [3.63, 3.8) is 0 Å². The van der Waals surface area contributed by atoms with Crippen LogP contribution >= 0.6 is 0 Å². The van der Waals surface area contributed by atoms with Gasteiger partial charge in [0, 0.05) is 86.3 Å². The van der Waals surface area contributed by atoms with Gasteiger partial charge in [-0.25, -0.2) is 0 Å². The number of phenols is 2. The molecule has 2 aromatic carbocycles. The Morgan fingerprint density at radius 2 is 1.04 bits per heavy atom. The summed E-state index contributed by atoms with van der Waals surface area (Å²) in [6, 6.07) is 19.8. The lowest BCUT2D eigenvalue weighted by Gasteiger charge is -2.30. The molecule has 10 heteroatoms. The fourth-order valence-corrected chi connectivity index (χ4v) is 6.66. The van der Waals surface area contributed by atoms with Crippen LogP contribution in [-0.2, 0) is 26.2 Å². The second-order valence-corrected chi connectivity index (χ2v) is 14.2. The molecule has 0 spiro atoms. The van der Waals surface area contributed by atoms with Gasteiger partial charge in [-0.05, 0) is 114 Å². The molecule has 0 unspecified atom stereocenters. The Morgan fingerprint density at radius 1 is 0.596 bits per heavy atom. The lowest BCUT2D eigenvalue weighted by Crippen LogP contribution is -2.39. The SMILES string of the molecule is Cc1cc(C=NCc2ccccn2)c(O)c(CN2CCCN(C)CCN(Cc3cc(C)cc(C=NCc4ccccn4)c3O)CCCN(C)CC2)c1. The second kappa shape index (κ2) is 19.9. The van der Waals surface area contributed by atoms with Gasteiger partial charge in [-0.15, -0.1) is 0 Å². The molecule has 2 aromatic heterocycles. The van der Waals surface area contributed by atoms with Gasteiger partial charge in [-0.1, -0.05) is 24.3 Å². The maximum Gasteiger partial charge on any atom is 0.128 e. The maximum atomic E-state index is 11.3. The Hall–Kier alpha value is -4.48. The minimum absolute atomic E-state index is 0.309. The van der Waals surface area contributed by atoms with Crippen LogP contribution in [0.25, 0.3) is 0 Å². The van der Waals surface area contributed by atoms with E-state index in [1.165, 1.54) is 0 Å². The molecule has 0 radical (unpaired) electrons. The quantitative estimate of drug-likeness (QED) is 0.203. The van der Waals surface area contributed by atoms with E-state index in [1.807, 2.05) is 48.5 Å². The molecule has 2 N–H and O–H groups in total. The Balaban J connectivity index is 1.19. The van der Waals surface area contributed by atoms with Crippen molar-refractivity contribution in [3.8, 4) is 11.5 Å². The molecule has 52 heavy (non-hydrogen) atoms. The maximum absolute atomic E-state index is 11.3. The number of aromatic nitrogens is 2. The molecule has 0 atom stereocenters. The van der Waals surface area contributed by atoms with E-state index >= 15 is 0 Å². The summed E-state index contributed by atoms with van der Waals surface area (Å²) in [7, 11) is 4.40. The molecule has 276 valence electrons. The van der Waals surface area contributed by atoms with Gasteiger partial charge in [-0.2, -0.15) is 0 Å². The van der Waals surface area contributed by atoms with Crippen molar-refractivity contribution in [2.24, 2.45) is 9.98 Å². The van der Waals surface area contributed by atoms with E-state index < -0.39 is 0 Å². The van der Waals surface area contributed by atoms with Gasteiger partial charge in [0.1, 0.15) is 11.5 Å². The van der Waals surface area contributed by atoms with Crippen LogP contribution in [-0.4, -0.2) is 119 Å². The van der Waals surface area contributed by atoms with E-state index in [9.17, 15) is 10.2 Å². The fraction of sp³-hybridized carbons (Fsp3) is 0.429. The third kappa shape index (κ3) is 12.3. The highest BCUT2D eigenvalue weighted by atomic mass is 16.3. The van der Waals surface area contributed by atoms with E-state index in [4.69, 9.17) is 0 Å². The Bertz CT molecular complexity index is 1620. The molecular formula is C42H56N8O2. The van der Waals surface area contributed by atoms with E-state index in [2.05, 4.69) is 79.6 Å². The third-order valence-electron chi connectivity index (χ3n) is 9.56. The van der Waals surface area contributed by atoms with Gasteiger partial charge in [0.25, 0.3) is 0 Å². The summed E-state index contributed by atoms with van der Waals surface area (Å²) in [6.07, 6.45) is 9.16. The Morgan fingerprint density at radius 3 is 1.44 bits per heavy atom. The van der Waals surface area contributed by atoms with Crippen LogP contribution in [0.5, 0.6) is 11.5 Å². The minimum atomic E-state index is 0.309. The number of aryl methyl sites for hydroxylation is 2. The van der Waals surface area contributed by atoms with Crippen molar-refractivity contribution in [1.82, 2.24) is 29.6 Å². The highest BCUT2D eigenvalue weighted by molar-refractivity contribution is 5.85. The van der Waals surface area contributed by atoms with E-state index in [-0.39, 0.29) is 0 Å². The molecule has 0 bridgehead atoms. The largest absolute Gasteiger partial charge is 0.507 e. The van der Waals surface area contributed by atoms with Gasteiger partial charge >= 0.3 is 0 Å². The van der Waals surface area contributed by atoms with Crippen LogP contribution in [0.2, 0.25) is 0 Å². The average molecular weight is 705 g/mol. The zero-order chi connectivity index (χ0) is 36.7.